The van der Waals surface area contributed by atoms with Crippen molar-refractivity contribution in [2.75, 3.05) is 11.1 Å². The van der Waals surface area contributed by atoms with Gasteiger partial charge in [0.1, 0.15) is 5.75 Å². The molecule has 0 aliphatic heterocycles. The Morgan fingerprint density at radius 1 is 1.24 bits per heavy atom. The summed E-state index contributed by atoms with van der Waals surface area (Å²) in [5, 5.41) is 11.7. The molecule has 0 spiro atoms. The molecule has 1 amide bonds. The summed E-state index contributed by atoms with van der Waals surface area (Å²) in [5.74, 6) is -1.27. The van der Waals surface area contributed by atoms with E-state index in [2.05, 4.69) is 15.5 Å². The van der Waals surface area contributed by atoms with Gasteiger partial charge >= 0.3 is 0 Å². The summed E-state index contributed by atoms with van der Waals surface area (Å²) in [6, 6.07) is 10.3. The second-order valence-corrected chi connectivity index (χ2v) is 7.41. The van der Waals surface area contributed by atoms with Crippen molar-refractivity contribution in [3.05, 3.63) is 64.9 Å². The lowest BCUT2D eigenvalue weighted by atomic mass is 10.3. The average molecular weight is 439 g/mol. The lowest BCUT2D eigenvalue weighted by Crippen LogP contribution is -2.15. The number of benzene rings is 2. The highest BCUT2D eigenvalue weighted by molar-refractivity contribution is 7.99. The Hall–Kier alpha value is -2.65. The third-order valence-corrected chi connectivity index (χ3v) is 5.24. The third-order valence-electron chi connectivity index (χ3n) is 3.91. The summed E-state index contributed by atoms with van der Waals surface area (Å²) in [6.07, 6.45) is -0.419. The number of anilines is 1. The zero-order valence-electron chi connectivity index (χ0n) is 15.5. The van der Waals surface area contributed by atoms with Gasteiger partial charge in [0.2, 0.25) is 5.91 Å². The average Bonchev–Trinajstić information content (AvgIpc) is 3.05. The minimum atomic E-state index is -1.03. The number of carbonyl (C=O) groups excluding carboxylic acids is 1. The van der Waals surface area contributed by atoms with Crippen molar-refractivity contribution < 1.29 is 18.3 Å². The molecule has 10 heteroatoms. The Morgan fingerprint density at radius 2 is 2.00 bits per heavy atom. The number of para-hydroxylation sites is 1. The van der Waals surface area contributed by atoms with Crippen LogP contribution in [0.3, 0.4) is 0 Å². The summed E-state index contributed by atoms with van der Waals surface area (Å²) >= 11 is 7.27. The fraction of sp³-hybridized carbons (Fsp3) is 0.211. The van der Waals surface area contributed by atoms with Crippen LogP contribution in [0, 0.1) is 11.6 Å². The summed E-state index contributed by atoms with van der Waals surface area (Å²) in [5.41, 5.74) is 0.176. The fourth-order valence-corrected chi connectivity index (χ4v) is 3.39. The Balaban J connectivity index is 1.59. The number of carbonyl (C=O) groups is 1. The highest BCUT2D eigenvalue weighted by atomic mass is 35.5. The lowest BCUT2D eigenvalue weighted by molar-refractivity contribution is -0.113. The van der Waals surface area contributed by atoms with E-state index in [-0.39, 0.29) is 17.3 Å². The predicted octanol–water partition coefficient (Wildman–Crippen LogP) is 4.62. The summed E-state index contributed by atoms with van der Waals surface area (Å²) in [4.78, 5) is 12.1. The Bertz CT molecular complexity index is 1030. The van der Waals surface area contributed by atoms with E-state index < -0.39 is 17.7 Å². The molecule has 2 aromatic carbocycles. The third kappa shape index (κ3) is 5.24. The predicted molar refractivity (Wildman–Crippen MR) is 107 cm³/mol. The Kier molecular flexibility index (Phi) is 6.71. The molecule has 152 valence electrons. The van der Waals surface area contributed by atoms with Crippen molar-refractivity contribution in [1.82, 2.24) is 14.8 Å². The van der Waals surface area contributed by atoms with E-state index in [4.69, 9.17) is 16.3 Å². The van der Waals surface area contributed by atoms with Gasteiger partial charge in [0.05, 0.1) is 10.8 Å². The van der Waals surface area contributed by atoms with Crippen molar-refractivity contribution >= 4 is 35.0 Å². The van der Waals surface area contributed by atoms with Crippen LogP contribution in [-0.2, 0) is 11.8 Å². The smallest absolute Gasteiger partial charge is 0.234 e. The van der Waals surface area contributed by atoms with E-state index in [1.54, 1.807) is 23.7 Å². The molecule has 0 radical (unpaired) electrons. The molecule has 1 unspecified atom stereocenters. The molecular formula is C19H17ClF2N4O2S. The molecule has 1 aromatic heterocycles. The standard InChI is InChI=1S/C19H17ClF2N4O2S/c1-11(28-16-6-4-3-5-13(16)20)18-24-25-19(26(18)2)29-10-17(27)23-12-7-8-14(21)15(22)9-12/h3-9,11H,10H2,1-2H3,(H,23,27). The first-order chi connectivity index (χ1) is 13.8. The molecule has 3 aromatic rings. The normalized spacial score (nSPS) is 11.9. The topological polar surface area (TPSA) is 69.0 Å². The zero-order chi connectivity index (χ0) is 21.0. The zero-order valence-corrected chi connectivity index (χ0v) is 17.1. The SMILES string of the molecule is CC(Oc1ccccc1Cl)c1nnc(SCC(=O)Nc2ccc(F)c(F)c2)n1C. The van der Waals surface area contributed by atoms with Gasteiger partial charge in [0.25, 0.3) is 0 Å². The van der Waals surface area contributed by atoms with Crippen LogP contribution in [0.25, 0.3) is 0 Å². The van der Waals surface area contributed by atoms with Gasteiger partial charge in [-0.25, -0.2) is 8.78 Å². The molecule has 0 aliphatic carbocycles. The number of nitrogens with zero attached hydrogens (tertiary/aromatic N) is 3. The molecule has 0 bridgehead atoms. The monoisotopic (exact) mass is 438 g/mol. The second kappa shape index (κ2) is 9.23. The molecule has 1 N–H and O–H groups in total. The summed E-state index contributed by atoms with van der Waals surface area (Å²) in [6.45, 7) is 1.82. The van der Waals surface area contributed by atoms with E-state index in [0.717, 1.165) is 23.9 Å². The van der Waals surface area contributed by atoms with E-state index in [1.807, 2.05) is 19.1 Å². The van der Waals surface area contributed by atoms with Crippen molar-refractivity contribution in [3.63, 3.8) is 0 Å². The Labute approximate surface area is 175 Å². The maximum atomic E-state index is 13.2. The number of hydrogen-bond acceptors (Lipinski definition) is 5. The minimum absolute atomic E-state index is 0.0186. The van der Waals surface area contributed by atoms with Crippen LogP contribution in [0.4, 0.5) is 14.5 Å². The van der Waals surface area contributed by atoms with Crippen LogP contribution >= 0.6 is 23.4 Å². The number of thioether (sulfide) groups is 1. The van der Waals surface area contributed by atoms with E-state index in [0.29, 0.717) is 21.8 Å². The van der Waals surface area contributed by atoms with Gasteiger partial charge in [0, 0.05) is 18.8 Å². The molecule has 6 nitrogen and oxygen atoms in total. The number of rotatable bonds is 7. The van der Waals surface area contributed by atoms with E-state index >= 15 is 0 Å². The maximum Gasteiger partial charge on any atom is 0.234 e. The number of halogens is 3. The van der Waals surface area contributed by atoms with Crippen molar-refractivity contribution in [3.8, 4) is 5.75 Å². The molecule has 29 heavy (non-hydrogen) atoms. The molecule has 3 rings (SSSR count). The van der Waals surface area contributed by atoms with Crippen LogP contribution in [-0.4, -0.2) is 26.4 Å². The summed E-state index contributed by atoms with van der Waals surface area (Å²) < 4.78 is 33.7. The number of aromatic nitrogens is 3. The molecule has 1 heterocycles. The highest BCUT2D eigenvalue weighted by Crippen LogP contribution is 2.29. The van der Waals surface area contributed by atoms with Gasteiger partial charge < -0.3 is 14.6 Å². The molecular weight excluding hydrogens is 422 g/mol. The first kappa shape index (κ1) is 21.1. The summed E-state index contributed by atoms with van der Waals surface area (Å²) in [7, 11) is 1.76. The second-order valence-electron chi connectivity index (χ2n) is 6.06. The molecule has 0 fully saturated rings. The van der Waals surface area contributed by atoms with Gasteiger partial charge in [-0.1, -0.05) is 35.5 Å². The van der Waals surface area contributed by atoms with Crippen LogP contribution in [0.15, 0.2) is 47.6 Å². The minimum Gasteiger partial charge on any atom is -0.481 e. The fourth-order valence-electron chi connectivity index (χ4n) is 2.49. The van der Waals surface area contributed by atoms with Crippen LogP contribution in [0.1, 0.15) is 18.9 Å². The maximum absolute atomic E-state index is 13.2. The number of nitrogens with one attached hydrogen (secondary N) is 1. The van der Waals surface area contributed by atoms with Gasteiger partial charge in [0.15, 0.2) is 28.7 Å². The quantitative estimate of drug-likeness (QED) is 0.545. The molecule has 1 atom stereocenters. The van der Waals surface area contributed by atoms with Gasteiger partial charge in [-0.15, -0.1) is 10.2 Å². The van der Waals surface area contributed by atoms with Crippen LogP contribution in [0.5, 0.6) is 5.75 Å². The van der Waals surface area contributed by atoms with Crippen molar-refractivity contribution in [1.29, 1.82) is 0 Å². The van der Waals surface area contributed by atoms with Crippen LogP contribution < -0.4 is 10.1 Å². The van der Waals surface area contributed by atoms with Gasteiger partial charge in [-0.05, 0) is 31.2 Å². The van der Waals surface area contributed by atoms with Crippen LogP contribution in [0.2, 0.25) is 5.02 Å². The Morgan fingerprint density at radius 3 is 2.72 bits per heavy atom. The van der Waals surface area contributed by atoms with Crippen molar-refractivity contribution in [2.24, 2.45) is 7.05 Å². The molecule has 0 aliphatic rings. The molecule has 0 saturated carbocycles. The number of ether oxygens (including phenoxy) is 1. The van der Waals surface area contributed by atoms with E-state index in [1.165, 1.54) is 6.07 Å². The largest absolute Gasteiger partial charge is 0.481 e. The lowest BCUT2D eigenvalue weighted by Gasteiger charge is -2.15. The first-order valence-electron chi connectivity index (χ1n) is 8.53. The number of hydrogen-bond donors (Lipinski definition) is 1. The molecule has 0 saturated heterocycles. The van der Waals surface area contributed by atoms with Crippen molar-refractivity contribution in [2.45, 2.75) is 18.2 Å². The highest BCUT2D eigenvalue weighted by Gasteiger charge is 2.19. The first-order valence-corrected chi connectivity index (χ1v) is 9.89. The van der Waals surface area contributed by atoms with Gasteiger partial charge in [-0.3, -0.25) is 4.79 Å². The number of amides is 1. The van der Waals surface area contributed by atoms with Gasteiger partial charge in [-0.2, -0.15) is 0 Å². The van der Waals surface area contributed by atoms with E-state index in [9.17, 15) is 13.6 Å².